The van der Waals surface area contributed by atoms with E-state index in [-0.39, 0.29) is 23.2 Å². The minimum atomic E-state index is -4.59. The Balaban J connectivity index is 1.96. The highest BCUT2D eigenvalue weighted by atomic mass is 35.5. The smallest absolute Gasteiger partial charge is 0.352 e. The lowest BCUT2D eigenvalue weighted by molar-refractivity contribution is -0.141. The van der Waals surface area contributed by atoms with Crippen LogP contribution in [0.3, 0.4) is 0 Å². The molecule has 0 saturated carbocycles. The summed E-state index contributed by atoms with van der Waals surface area (Å²) in [5, 5.41) is 6.59. The van der Waals surface area contributed by atoms with Crippen LogP contribution in [0.25, 0.3) is 0 Å². The van der Waals surface area contributed by atoms with Gasteiger partial charge in [-0.3, -0.25) is 9.48 Å². The normalized spacial score (nSPS) is 11.8. The van der Waals surface area contributed by atoms with E-state index in [1.165, 1.54) is 46.7 Å². The quantitative estimate of drug-likeness (QED) is 0.500. The fraction of sp³-hybridized carbons (Fsp3) is 0.500. The number of nitrogens with zero attached hydrogens (tertiary/aromatic N) is 3. The summed E-state index contributed by atoms with van der Waals surface area (Å²) in [6.45, 7) is 2.00. The first-order valence-electron chi connectivity index (χ1n) is 7.36. The summed E-state index contributed by atoms with van der Waals surface area (Å²) >= 11 is 9.83. The van der Waals surface area contributed by atoms with Gasteiger partial charge in [0.25, 0.3) is 5.91 Å². The third-order valence-corrected chi connectivity index (χ3v) is 6.66. The summed E-state index contributed by atoms with van der Waals surface area (Å²) in [6, 6.07) is 0. The van der Waals surface area contributed by atoms with Gasteiger partial charge in [-0.2, -0.15) is 22.6 Å². The van der Waals surface area contributed by atoms with Gasteiger partial charge in [-0.25, -0.2) is 0 Å². The van der Waals surface area contributed by atoms with Crippen molar-refractivity contribution < 1.29 is 18.0 Å². The zero-order valence-corrected chi connectivity index (χ0v) is 17.3. The Hall–Kier alpha value is -0.910. The van der Waals surface area contributed by atoms with Crippen molar-refractivity contribution in [1.29, 1.82) is 0 Å². The van der Waals surface area contributed by atoms with Crippen molar-refractivity contribution in [2.24, 2.45) is 0 Å². The number of aromatic nitrogens is 3. The Bertz CT molecular complexity index is 770. The molecule has 1 N–H and O–H groups in total. The summed E-state index contributed by atoms with van der Waals surface area (Å²) in [6.07, 6.45) is -0.451. The average Bonchev–Trinajstić information content (AvgIpc) is 3.13. The number of hydrogen-bond acceptors (Lipinski definition) is 6. The molecule has 0 spiro atoms. The van der Waals surface area contributed by atoms with Gasteiger partial charge in [0.1, 0.15) is 5.03 Å². The topological polar surface area (TPSA) is 59.8 Å². The molecule has 2 rings (SSSR count). The van der Waals surface area contributed by atoms with Crippen LogP contribution < -0.4 is 5.32 Å². The van der Waals surface area contributed by atoms with Gasteiger partial charge in [0.15, 0.2) is 5.69 Å². The molecule has 1 amide bonds. The summed E-state index contributed by atoms with van der Waals surface area (Å²) in [5.41, 5.74) is -0.284. The number of hydrogen-bond donors (Lipinski definition) is 1. The number of carbonyl (C=O) groups is 1. The molecule has 0 aliphatic rings. The highest BCUT2D eigenvalue weighted by Gasteiger charge is 2.38. The van der Waals surface area contributed by atoms with E-state index in [1.807, 2.05) is 12.5 Å². The molecule has 26 heavy (non-hydrogen) atoms. The largest absolute Gasteiger partial charge is 0.436 e. The monoisotopic (exact) mass is 444 g/mol. The fourth-order valence-corrected chi connectivity index (χ4v) is 4.69. The van der Waals surface area contributed by atoms with E-state index < -0.39 is 11.9 Å². The van der Waals surface area contributed by atoms with Crippen molar-refractivity contribution >= 4 is 52.6 Å². The molecule has 2 aromatic heterocycles. The number of nitrogens with one attached hydrogen (secondary N) is 1. The van der Waals surface area contributed by atoms with Gasteiger partial charge in [-0.05, 0) is 37.4 Å². The molecule has 2 heterocycles. The van der Waals surface area contributed by atoms with E-state index in [0.29, 0.717) is 23.6 Å². The number of rotatable bonds is 7. The van der Waals surface area contributed by atoms with Gasteiger partial charge < -0.3 is 5.32 Å². The predicted molar refractivity (Wildman–Crippen MR) is 99.6 cm³/mol. The van der Waals surface area contributed by atoms with Crippen LogP contribution in [0.5, 0.6) is 0 Å². The predicted octanol–water partition coefficient (Wildman–Crippen LogP) is 4.58. The van der Waals surface area contributed by atoms with Crippen LogP contribution in [0.4, 0.5) is 13.2 Å². The van der Waals surface area contributed by atoms with E-state index in [4.69, 9.17) is 11.6 Å². The molecule has 0 unspecified atom stereocenters. The fourth-order valence-electron chi connectivity index (χ4n) is 2.17. The molecule has 0 bridgehead atoms. The zero-order chi connectivity index (χ0) is 19.5. The van der Waals surface area contributed by atoms with Crippen molar-refractivity contribution in [3.63, 3.8) is 0 Å². The van der Waals surface area contributed by atoms with Crippen molar-refractivity contribution in [2.45, 2.75) is 35.3 Å². The maximum atomic E-state index is 12.8. The first kappa shape index (κ1) is 21.4. The third-order valence-electron chi connectivity index (χ3n) is 3.47. The molecule has 0 aliphatic heterocycles. The van der Waals surface area contributed by atoms with Crippen molar-refractivity contribution in [2.75, 3.05) is 19.1 Å². The molecule has 144 valence electrons. The minimum Gasteiger partial charge on any atom is -0.352 e. The van der Waals surface area contributed by atoms with Gasteiger partial charge in [-0.15, -0.1) is 23.5 Å². The highest BCUT2D eigenvalue weighted by Crippen LogP contribution is 2.35. The second kappa shape index (κ2) is 8.85. The Morgan fingerprint density at radius 1 is 1.35 bits per heavy atom. The van der Waals surface area contributed by atoms with Gasteiger partial charge in [0.05, 0.1) is 20.5 Å². The molecule has 0 aliphatic carbocycles. The van der Waals surface area contributed by atoms with E-state index in [0.717, 1.165) is 4.21 Å². The van der Waals surface area contributed by atoms with Crippen LogP contribution in [0.1, 0.15) is 28.2 Å². The Labute approximate surface area is 166 Å². The van der Waals surface area contributed by atoms with Gasteiger partial charge in [0.2, 0.25) is 0 Å². The van der Waals surface area contributed by atoms with Crippen LogP contribution in [0, 0.1) is 6.92 Å². The molecule has 0 fully saturated rings. The molecule has 0 aromatic carbocycles. The molecular weight excluding hydrogens is 429 g/mol. The summed E-state index contributed by atoms with van der Waals surface area (Å²) in [4.78, 5) is 12.4. The van der Waals surface area contributed by atoms with Crippen molar-refractivity contribution in [3.8, 4) is 0 Å². The molecule has 12 heteroatoms. The summed E-state index contributed by atoms with van der Waals surface area (Å²) < 4.78 is 44.7. The standard InChI is InChI=1S/C14H16ClF3N4OS3/c1-7-9(15)10(14(16,17)18)20-22(7)6-4-5-19-11(23)8-12(24-2)21-26-13(8)25-3/h4-6H2,1-3H3,(H,19,23). The van der Waals surface area contributed by atoms with Crippen LogP contribution in [-0.2, 0) is 12.7 Å². The second-order valence-electron chi connectivity index (χ2n) is 5.14. The van der Waals surface area contributed by atoms with E-state index in [9.17, 15) is 18.0 Å². The maximum absolute atomic E-state index is 12.8. The number of carbonyl (C=O) groups excluding carboxylic acids is 1. The first-order valence-corrected chi connectivity index (χ1v) is 11.0. The lowest BCUT2D eigenvalue weighted by atomic mass is 10.3. The van der Waals surface area contributed by atoms with Crippen LogP contribution >= 0.6 is 46.7 Å². The lowest BCUT2D eigenvalue weighted by Crippen LogP contribution is -2.26. The molecule has 0 saturated heterocycles. The minimum absolute atomic E-state index is 0.217. The number of halogens is 4. The molecule has 2 aromatic rings. The van der Waals surface area contributed by atoms with Crippen molar-refractivity contribution in [3.05, 3.63) is 22.0 Å². The molecule has 0 atom stereocenters. The van der Waals surface area contributed by atoms with Gasteiger partial charge in [-0.1, -0.05) is 11.6 Å². The number of thioether (sulfide) groups is 2. The third kappa shape index (κ3) is 4.68. The first-order chi connectivity index (χ1) is 12.2. The summed E-state index contributed by atoms with van der Waals surface area (Å²) in [5.74, 6) is -0.237. The van der Waals surface area contributed by atoms with Gasteiger partial charge in [0, 0.05) is 13.1 Å². The van der Waals surface area contributed by atoms with Gasteiger partial charge >= 0.3 is 6.18 Å². The molecular formula is C14H16ClF3N4OS3. The second-order valence-corrected chi connectivity index (χ2v) is 8.16. The highest BCUT2D eigenvalue weighted by molar-refractivity contribution is 8.01. The SMILES string of the molecule is CSc1nsc(SC)c1C(=O)NCCCn1nc(C(F)(F)F)c(Cl)c1C. The lowest BCUT2D eigenvalue weighted by Gasteiger charge is -2.07. The van der Waals surface area contributed by atoms with E-state index in [1.54, 1.807) is 0 Å². The maximum Gasteiger partial charge on any atom is 0.436 e. The Kier molecular flexibility index (Phi) is 7.28. The average molecular weight is 445 g/mol. The Morgan fingerprint density at radius 3 is 2.58 bits per heavy atom. The number of aryl methyl sites for hydroxylation is 1. The van der Waals surface area contributed by atoms with E-state index in [2.05, 4.69) is 14.8 Å². The van der Waals surface area contributed by atoms with Crippen molar-refractivity contribution in [1.82, 2.24) is 19.5 Å². The zero-order valence-electron chi connectivity index (χ0n) is 14.1. The Morgan fingerprint density at radius 2 is 2.04 bits per heavy atom. The molecule has 5 nitrogen and oxygen atoms in total. The summed E-state index contributed by atoms with van der Waals surface area (Å²) in [7, 11) is 0. The number of alkyl halides is 3. The number of amides is 1. The van der Waals surface area contributed by atoms with Crippen LogP contribution in [0.15, 0.2) is 9.24 Å². The van der Waals surface area contributed by atoms with Crippen LogP contribution in [-0.4, -0.2) is 39.1 Å². The molecule has 0 radical (unpaired) electrons. The van der Waals surface area contributed by atoms with Crippen LogP contribution in [0.2, 0.25) is 5.02 Å². The van der Waals surface area contributed by atoms with E-state index >= 15 is 0 Å².